The zero-order chi connectivity index (χ0) is 14.5. The molecule has 0 radical (unpaired) electrons. The van der Waals surface area contributed by atoms with Crippen LogP contribution < -0.4 is 11.1 Å². The van der Waals surface area contributed by atoms with Crippen molar-refractivity contribution in [1.29, 1.82) is 0 Å². The normalized spacial score (nSPS) is 10.1. The topological polar surface area (TPSA) is 82.2 Å². The van der Waals surface area contributed by atoms with E-state index in [1.165, 1.54) is 0 Å². The van der Waals surface area contributed by atoms with E-state index in [1.54, 1.807) is 48.3 Å². The minimum Gasteiger partial charge on any atom is -0.462 e. The van der Waals surface area contributed by atoms with E-state index in [-0.39, 0.29) is 5.11 Å². The smallest absolute Gasteiger partial charge is 0.340 e. The maximum atomic E-state index is 11.9. The summed E-state index contributed by atoms with van der Waals surface area (Å²) in [5.41, 5.74) is 7.12. The van der Waals surface area contributed by atoms with Crippen molar-refractivity contribution in [3.8, 4) is 5.69 Å². The van der Waals surface area contributed by atoms with Gasteiger partial charge in [-0.25, -0.2) is 9.48 Å². The first-order chi connectivity index (χ1) is 9.61. The molecule has 0 aliphatic rings. The fourth-order valence-electron chi connectivity index (χ4n) is 1.72. The first kappa shape index (κ1) is 14.0. The first-order valence-corrected chi connectivity index (χ1v) is 6.40. The Morgan fingerprint density at radius 1 is 1.55 bits per heavy atom. The van der Waals surface area contributed by atoms with Gasteiger partial charge < -0.3 is 15.8 Å². The Morgan fingerprint density at radius 3 is 2.95 bits per heavy atom. The highest BCUT2D eigenvalue weighted by Gasteiger charge is 2.14. The van der Waals surface area contributed by atoms with Gasteiger partial charge in [-0.05, 0) is 43.4 Å². The van der Waals surface area contributed by atoms with Crippen LogP contribution in [-0.2, 0) is 4.74 Å². The summed E-state index contributed by atoms with van der Waals surface area (Å²) >= 11 is 4.82. The monoisotopic (exact) mass is 290 g/mol. The number of nitrogens with zero attached hydrogens (tertiary/aromatic N) is 2. The highest BCUT2D eigenvalue weighted by molar-refractivity contribution is 7.80. The summed E-state index contributed by atoms with van der Waals surface area (Å²) in [5, 5.41) is 6.99. The fourth-order valence-corrected chi connectivity index (χ4v) is 1.83. The molecule has 2 aromatic rings. The van der Waals surface area contributed by atoms with E-state index in [0.29, 0.717) is 17.9 Å². The molecule has 0 saturated heterocycles. The molecule has 3 N–H and O–H groups in total. The second-order valence-electron chi connectivity index (χ2n) is 3.89. The Labute approximate surface area is 121 Å². The van der Waals surface area contributed by atoms with Crippen molar-refractivity contribution in [1.82, 2.24) is 9.78 Å². The minimum atomic E-state index is -0.432. The van der Waals surface area contributed by atoms with Gasteiger partial charge in [0.05, 0.1) is 23.5 Å². The maximum absolute atomic E-state index is 11.9. The van der Waals surface area contributed by atoms with Crippen molar-refractivity contribution in [3.63, 3.8) is 0 Å². The molecule has 0 aliphatic carbocycles. The van der Waals surface area contributed by atoms with Crippen molar-refractivity contribution in [2.75, 3.05) is 11.9 Å². The number of esters is 1. The van der Waals surface area contributed by atoms with Crippen molar-refractivity contribution in [2.24, 2.45) is 5.73 Å². The zero-order valence-corrected chi connectivity index (χ0v) is 11.7. The van der Waals surface area contributed by atoms with Crippen LogP contribution in [0, 0.1) is 0 Å². The summed E-state index contributed by atoms with van der Waals surface area (Å²) < 4.78 is 6.66. The summed E-state index contributed by atoms with van der Waals surface area (Å²) in [7, 11) is 0. The summed E-state index contributed by atoms with van der Waals surface area (Å²) in [4.78, 5) is 11.9. The predicted molar refractivity (Wildman–Crippen MR) is 79.9 cm³/mol. The average molecular weight is 290 g/mol. The summed E-state index contributed by atoms with van der Waals surface area (Å²) in [6.45, 7) is 2.04. The molecule has 0 amide bonds. The van der Waals surface area contributed by atoms with Gasteiger partial charge in [0, 0.05) is 12.4 Å². The molecule has 0 fully saturated rings. The van der Waals surface area contributed by atoms with Gasteiger partial charge in [0.15, 0.2) is 5.11 Å². The van der Waals surface area contributed by atoms with Gasteiger partial charge in [0.2, 0.25) is 0 Å². The molecule has 0 saturated carbocycles. The van der Waals surface area contributed by atoms with Crippen LogP contribution in [-0.4, -0.2) is 27.5 Å². The summed E-state index contributed by atoms with van der Waals surface area (Å²) in [6.07, 6.45) is 3.46. The number of benzene rings is 1. The van der Waals surface area contributed by atoms with Crippen LogP contribution in [0.5, 0.6) is 0 Å². The lowest BCUT2D eigenvalue weighted by atomic mass is 10.1. The lowest BCUT2D eigenvalue weighted by Gasteiger charge is -2.12. The Morgan fingerprint density at radius 2 is 2.35 bits per heavy atom. The highest BCUT2D eigenvalue weighted by atomic mass is 32.1. The van der Waals surface area contributed by atoms with Gasteiger partial charge in [-0.3, -0.25) is 0 Å². The third kappa shape index (κ3) is 3.12. The van der Waals surface area contributed by atoms with Crippen LogP contribution >= 0.6 is 12.2 Å². The number of nitrogens with one attached hydrogen (secondary N) is 1. The maximum Gasteiger partial charge on any atom is 0.340 e. The highest BCUT2D eigenvalue weighted by Crippen LogP contribution is 2.21. The molecule has 0 spiro atoms. The fraction of sp³-hybridized carbons (Fsp3) is 0.154. The van der Waals surface area contributed by atoms with E-state index in [1.807, 2.05) is 0 Å². The van der Waals surface area contributed by atoms with E-state index in [2.05, 4.69) is 10.4 Å². The molecule has 7 heteroatoms. The summed E-state index contributed by atoms with van der Waals surface area (Å²) in [5.74, 6) is -0.432. The van der Waals surface area contributed by atoms with E-state index < -0.39 is 5.97 Å². The molecule has 1 aromatic heterocycles. The van der Waals surface area contributed by atoms with Gasteiger partial charge >= 0.3 is 5.97 Å². The third-order valence-corrected chi connectivity index (χ3v) is 2.63. The number of hydrogen-bond acceptors (Lipinski definition) is 4. The molecule has 1 heterocycles. The molecule has 1 aromatic carbocycles. The van der Waals surface area contributed by atoms with Crippen LogP contribution in [0.2, 0.25) is 0 Å². The molecular formula is C13H14N4O2S. The van der Waals surface area contributed by atoms with E-state index in [0.717, 1.165) is 5.69 Å². The number of carbonyl (C=O) groups excluding carboxylic acids is 1. The second kappa shape index (κ2) is 6.16. The molecule has 0 atom stereocenters. The third-order valence-electron chi connectivity index (χ3n) is 2.53. The van der Waals surface area contributed by atoms with E-state index >= 15 is 0 Å². The minimum absolute atomic E-state index is 0.0770. The van der Waals surface area contributed by atoms with Gasteiger partial charge in [0.25, 0.3) is 0 Å². The van der Waals surface area contributed by atoms with Crippen LogP contribution in [0.3, 0.4) is 0 Å². The van der Waals surface area contributed by atoms with Crippen LogP contribution in [0.1, 0.15) is 17.3 Å². The number of hydrogen-bond donors (Lipinski definition) is 2. The van der Waals surface area contributed by atoms with Crippen molar-refractivity contribution < 1.29 is 9.53 Å². The second-order valence-corrected chi connectivity index (χ2v) is 4.33. The Kier molecular flexibility index (Phi) is 4.31. The van der Waals surface area contributed by atoms with Gasteiger partial charge in [-0.1, -0.05) is 0 Å². The molecule has 6 nitrogen and oxygen atoms in total. The summed E-state index contributed by atoms with van der Waals surface area (Å²) in [6, 6.07) is 6.96. The predicted octanol–water partition coefficient (Wildman–Crippen LogP) is 1.70. The number of anilines is 1. The SMILES string of the molecule is CCOC(=O)c1ccc(-n2cccn2)cc1NC(N)=S. The lowest BCUT2D eigenvalue weighted by molar-refractivity contribution is 0.0527. The molecule has 2 rings (SSSR count). The van der Waals surface area contributed by atoms with Crippen molar-refractivity contribution in [3.05, 3.63) is 42.2 Å². The Balaban J connectivity index is 2.42. The largest absolute Gasteiger partial charge is 0.462 e. The Bertz CT molecular complexity index is 625. The zero-order valence-electron chi connectivity index (χ0n) is 10.9. The number of ether oxygens (including phenoxy) is 1. The number of carbonyl (C=O) groups is 1. The molecule has 104 valence electrons. The van der Waals surface area contributed by atoms with Crippen LogP contribution in [0.15, 0.2) is 36.7 Å². The van der Waals surface area contributed by atoms with Gasteiger partial charge in [0.1, 0.15) is 0 Å². The van der Waals surface area contributed by atoms with Crippen LogP contribution in [0.4, 0.5) is 5.69 Å². The lowest BCUT2D eigenvalue weighted by Crippen LogP contribution is -2.21. The molecule has 20 heavy (non-hydrogen) atoms. The van der Waals surface area contributed by atoms with Gasteiger partial charge in [-0.2, -0.15) is 5.10 Å². The average Bonchev–Trinajstić information content (AvgIpc) is 2.92. The molecule has 0 bridgehead atoms. The number of nitrogens with two attached hydrogens (primary N) is 1. The van der Waals surface area contributed by atoms with Crippen LogP contribution in [0.25, 0.3) is 5.69 Å². The Hall–Kier alpha value is -2.41. The standard InChI is InChI=1S/C13H14N4O2S/c1-2-19-12(18)10-5-4-9(17-7-3-6-15-17)8-11(10)16-13(14)20/h3-8H,2H2,1H3,(H3,14,16,20). The van der Waals surface area contributed by atoms with Crippen molar-refractivity contribution >= 4 is 29.0 Å². The van der Waals surface area contributed by atoms with Gasteiger partial charge in [-0.15, -0.1) is 0 Å². The van der Waals surface area contributed by atoms with E-state index in [9.17, 15) is 4.79 Å². The molecule has 0 unspecified atom stereocenters. The van der Waals surface area contributed by atoms with E-state index in [4.69, 9.17) is 22.7 Å². The molecule has 0 aliphatic heterocycles. The molecular weight excluding hydrogens is 276 g/mol. The first-order valence-electron chi connectivity index (χ1n) is 5.99. The van der Waals surface area contributed by atoms with Crippen molar-refractivity contribution in [2.45, 2.75) is 6.92 Å². The number of aromatic nitrogens is 2. The quantitative estimate of drug-likeness (QED) is 0.659. The number of rotatable bonds is 4. The number of thiocarbonyl (C=S) groups is 1.